The number of rotatable bonds is 11. The number of likely N-dealkylation sites (tertiary alicyclic amines) is 1. The Morgan fingerprint density at radius 3 is 2.11 bits per heavy atom. The molecule has 1 aliphatic carbocycles. The summed E-state index contributed by atoms with van der Waals surface area (Å²) in [5.74, 6) is 0.562. The molecular formula is C30H59NO3Si. The van der Waals surface area contributed by atoms with Crippen LogP contribution in [0.5, 0.6) is 0 Å². The van der Waals surface area contributed by atoms with Gasteiger partial charge in [-0.3, -0.25) is 0 Å². The molecule has 0 bridgehead atoms. The molecule has 1 saturated heterocycles. The van der Waals surface area contributed by atoms with Gasteiger partial charge in [0.05, 0.1) is 0 Å². The Balaban J connectivity index is 2.23. The fourth-order valence-electron chi connectivity index (χ4n) is 7.66. The Labute approximate surface area is 219 Å². The number of ether oxygens (including phenoxy) is 1. The van der Waals surface area contributed by atoms with Crippen LogP contribution in [0.3, 0.4) is 0 Å². The van der Waals surface area contributed by atoms with Gasteiger partial charge >= 0.3 is 6.09 Å². The molecule has 3 atom stereocenters. The van der Waals surface area contributed by atoms with Crippen LogP contribution in [0.4, 0.5) is 4.79 Å². The van der Waals surface area contributed by atoms with Crippen molar-refractivity contribution in [3.05, 3.63) is 0 Å². The molecule has 0 N–H and O–H groups in total. The lowest BCUT2D eigenvalue weighted by molar-refractivity contribution is -0.0197. The van der Waals surface area contributed by atoms with Gasteiger partial charge in [0.25, 0.3) is 0 Å². The van der Waals surface area contributed by atoms with Crippen LogP contribution in [0.1, 0.15) is 140 Å². The van der Waals surface area contributed by atoms with Crippen LogP contribution >= 0.6 is 0 Å². The van der Waals surface area contributed by atoms with Crippen molar-refractivity contribution in [1.82, 2.24) is 4.90 Å². The van der Waals surface area contributed by atoms with E-state index in [1.54, 1.807) is 0 Å². The number of amides is 1. The Bertz CT molecular complexity index is 635. The van der Waals surface area contributed by atoms with Gasteiger partial charge in [0.2, 0.25) is 8.32 Å². The second-order valence-corrected chi connectivity index (χ2v) is 19.0. The highest BCUT2D eigenvalue weighted by molar-refractivity contribution is 6.77. The highest BCUT2D eigenvalue weighted by atomic mass is 28.4. The van der Waals surface area contributed by atoms with Gasteiger partial charge in [0, 0.05) is 18.2 Å². The van der Waals surface area contributed by atoms with Gasteiger partial charge in [-0.05, 0) is 88.3 Å². The molecule has 1 heterocycles. The van der Waals surface area contributed by atoms with Gasteiger partial charge < -0.3 is 14.1 Å². The molecule has 0 aromatic rings. The summed E-state index contributed by atoms with van der Waals surface area (Å²) in [4.78, 5) is 15.4. The Morgan fingerprint density at radius 1 is 0.971 bits per heavy atom. The van der Waals surface area contributed by atoms with E-state index in [1.165, 1.54) is 44.9 Å². The summed E-state index contributed by atoms with van der Waals surface area (Å²) in [5, 5.41) is 0. The van der Waals surface area contributed by atoms with Crippen LogP contribution in [0.2, 0.25) is 16.6 Å². The van der Waals surface area contributed by atoms with Crippen molar-refractivity contribution >= 4 is 14.4 Å². The van der Waals surface area contributed by atoms with E-state index in [-0.39, 0.29) is 11.6 Å². The molecule has 0 radical (unpaired) electrons. The predicted molar refractivity (Wildman–Crippen MR) is 152 cm³/mol. The molecule has 2 aliphatic rings. The van der Waals surface area contributed by atoms with Gasteiger partial charge in [0.1, 0.15) is 5.60 Å². The summed E-state index contributed by atoms with van der Waals surface area (Å²) in [7, 11) is -1.91. The first-order valence-corrected chi connectivity index (χ1v) is 17.1. The topological polar surface area (TPSA) is 38.8 Å². The normalized spacial score (nSPS) is 24.7. The number of unbranched alkanes of at least 4 members (excludes halogenated alkanes) is 1. The van der Waals surface area contributed by atoms with E-state index in [2.05, 4.69) is 53.4 Å². The second kappa shape index (κ2) is 12.8. The molecule has 5 heteroatoms. The minimum atomic E-state index is -1.91. The molecule has 4 nitrogen and oxygen atoms in total. The molecule has 206 valence electrons. The van der Waals surface area contributed by atoms with Gasteiger partial charge in [0.15, 0.2) is 0 Å². The first kappa shape index (κ1) is 30.7. The number of carbonyl (C=O) groups is 1. The molecule has 0 aromatic heterocycles. The molecule has 0 aromatic carbocycles. The van der Waals surface area contributed by atoms with E-state index in [9.17, 15) is 4.79 Å². The van der Waals surface area contributed by atoms with Crippen LogP contribution in [-0.2, 0) is 9.16 Å². The van der Waals surface area contributed by atoms with Crippen LogP contribution in [-0.4, -0.2) is 43.1 Å². The zero-order chi connectivity index (χ0) is 26.4. The maximum Gasteiger partial charge on any atom is 0.410 e. The van der Waals surface area contributed by atoms with Crippen molar-refractivity contribution in [2.75, 3.05) is 6.54 Å². The predicted octanol–water partition coefficient (Wildman–Crippen LogP) is 9.48. The van der Waals surface area contributed by atoms with Gasteiger partial charge in [-0.1, -0.05) is 74.1 Å². The average molecular weight is 510 g/mol. The van der Waals surface area contributed by atoms with E-state index in [1.807, 2.05) is 20.8 Å². The maximum atomic E-state index is 13.3. The highest BCUT2D eigenvalue weighted by Crippen LogP contribution is 2.49. The number of carbonyl (C=O) groups excluding carboxylic acids is 1. The first-order chi connectivity index (χ1) is 16.3. The quantitative estimate of drug-likeness (QED) is 0.260. The summed E-state index contributed by atoms with van der Waals surface area (Å²) >= 11 is 0. The van der Waals surface area contributed by atoms with E-state index < -0.39 is 13.9 Å². The minimum absolute atomic E-state index is 0.00144. The van der Waals surface area contributed by atoms with Crippen molar-refractivity contribution < 1.29 is 14.0 Å². The lowest BCUT2D eigenvalue weighted by Gasteiger charge is -2.48. The van der Waals surface area contributed by atoms with Crippen LogP contribution in [0.25, 0.3) is 0 Å². The summed E-state index contributed by atoms with van der Waals surface area (Å²) in [6.07, 6.45) is 13.3. The molecule has 35 heavy (non-hydrogen) atoms. The van der Waals surface area contributed by atoms with Crippen LogP contribution < -0.4 is 0 Å². The molecule has 1 spiro atoms. The minimum Gasteiger partial charge on any atom is -0.444 e. The fraction of sp³-hybridized carbons (Fsp3) is 0.967. The number of hydrogen-bond acceptors (Lipinski definition) is 3. The van der Waals surface area contributed by atoms with Crippen molar-refractivity contribution in [1.29, 1.82) is 0 Å². The summed E-state index contributed by atoms with van der Waals surface area (Å²) in [6, 6.07) is 0. The Kier molecular flexibility index (Phi) is 11.2. The smallest absolute Gasteiger partial charge is 0.410 e. The molecular weight excluding hydrogens is 450 g/mol. The second-order valence-electron chi connectivity index (χ2n) is 13.6. The third-order valence-electron chi connectivity index (χ3n) is 9.11. The van der Waals surface area contributed by atoms with Gasteiger partial charge in [-0.25, -0.2) is 4.79 Å². The molecule has 1 amide bonds. The van der Waals surface area contributed by atoms with Crippen LogP contribution in [0.15, 0.2) is 0 Å². The monoisotopic (exact) mass is 509 g/mol. The van der Waals surface area contributed by atoms with Crippen molar-refractivity contribution in [3.8, 4) is 0 Å². The summed E-state index contributed by atoms with van der Waals surface area (Å²) in [5.41, 5.74) is 1.40. The third kappa shape index (κ3) is 7.27. The zero-order valence-corrected chi connectivity index (χ0v) is 26.0. The molecule has 1 saturated carbocycles. The van der Waals surface area contributed by atoms with E-state index >= 15 is 0 Å². The standard InChI is InChI=1S/C30H59NO3Si/c1-11-12-17-27(34-35(23(2)3,24(4)5)25(6)7)19-18-26-16-13-14-20-30(26)21-15-22-31(30)28(32)33-29(8,9)10/h23-27H,11-22H2,1-10H3/t26-,27-,30-/m0/s1. The average Bonchev–Trinajstić information content (AvgIpc) is 3.16. The lowest BCUT2D eigenvalue weighted by Crippen LogP contribution is -2.55. The van der Waals surface area contributed by atoms with E-state index in [0.29, 0.717) is 28.6 Å². The maximum absolute atomic E-state index is 13.3. The summed E-state index contributed by atoms with van der Waals surface area (Å²) < 4.78 is 13.2. The van der Waals surface area contributed by atoms with E-state index in [4.69, 9.17) is 9.16 Å². The van der Waals surface area contributed by atoms with Gasteiger partial charge in [-0.15, -0.1) is 0 Å². The molecule has 1 aliphatic heterocycles. The first-order valence-electron chi connectivity index (χ1n) is 15.0. The van der Waals surface area contributed by atoms with Crippen molar-refractivity contribution in [2.45, 2.75) is 174 Å². The van der Waals surface area contributed by atoms with Crippen LogP contribution in [0, 0.1) is 5.92 Å². The van der Waals surface area contributed by atoms with Gasteiger partial charge in [-0.2, -0.15) is 0 Å². The Hall–Kier alpha value is -0.553. The highest BCUT2D eigenvalue weighted by Gasteiger charge is 2.51. The summed E-state index contributed by atoms with van der Waals surface area (Å²) in [6.45, 7) is 23.5. The number of nitrogens with zero attached hydrogens (tertiary/aromatic N) is 1. The van der Waals surface area contributed by atoms with Crippen molar-refractivity contribution in [3.63, 3.8) is 0 Å². The largest absolute Gasteiger partial charge is 0.444 e. The molecule has 0 unspecified atom stereocenters. The Morgan fingerprint density at radius 2 is 1.57 bits per heavy atom. The third-order valence-corrected chi connectivity index (χ3v) is 15.3. The number of hydrogen-bond donors (Lipinski definition) is 0. The SMILES string of the molecule is CCCC[C@@H](CC[C@@H]1CCCC[C@]12CCCN2C(=O)OC(C)(C)C)O[Si](C(C)C)(C(C)C)C(C)C. The molecule has 2 fully saturated rings. The zero-order valence-electron chi connectivity index (χ0n) is 25.0. The molecule has 2 rings (SSSR count). The lowest BCUT2D eigenvalue weighted by atomic mass is 9.69. The van der Waals surface area contributed by atoms with E-state index in [0.717, 1.165) is 32.2 Å². The van der Waals surface area contributed by atoms with Crippen molar-refractivity contribution in [2.24, 2.45) is 5.92 Å². The fourth-order valence-corrected chi connectivity index (χ4v) is 13.3.